The zero-order valence-corrected chi connectivity index (χ0v) is 12.0. The van der Waals surface area contributed by atoms with Gasteiger partial charge in [0.1, 0.15) is 5.78 Å². The fourth-order valence-electron chi connectivity index (χ4n) is 2.28. The molecule has 1 saturated heterocycles. The van der Waals surface area contributed by atoms with E-state index >= 15 is 0 Å². The highest BCUT2D eigenvalue weighted by molar-refractivity contribution is 7.14. The molecule has 0 aliphatic carbocycles. The Bertz CT molecular complexity index is 459. The molecule has 1 atom stereocenters. The number of thiophene rings is 1. The van der Waals surface area contributed by atoms with Crippen molar-refractivity contribution in [2.24, 2.45) is 5.92 Å². The van der Waals surface area contributed by atoms with Crippen LogP contribution in [0.2, 0.25) is 0 Å². The van der Waals surface area contributed by atoms with Crippen LogP contribution in [0.3, 0.4) is 0 Å². The molecule has 18 heavy (non-hydrogen) atoms. The first kappa shape index (κ1) is 13.3. The largest absolute Gasteiger partial charge is 0.337 e. The number of rotatable bonds is 2. The van der Waals surface area contributed by atoms with E-state index < -0.39 is 0 Å². The van der Waals surface area contributed by atoms with Crippen LogP contribution in [0.1, 0.15) is 39.9 Å². The quantitative estimate of drug-likeness (QED) is 0.824. The highest BCUT2D eigenvalue weighted by Gasteiger charge is 2.29. The highest BCUT2D eigenvalue weighted by atomic mass is 32.1. The SMILES string of the molecule is CCC1CN(C(=O)c2cc(C)c(C)s2)CCC1=O. The summed E-state index contributed by atoms with van der Waals surface area (Å²) in [6, 6.07) is 1.96. The van der Waals surface area contributed by atoms with E-state index in [1.54, 1.807) is 11.3 Å². The van der Waals surface area contributed by atoms with Crippen molar-refractivity contribution < 1.29 is 9.59 Å². The lowest BCUT2D eigenvalue weighted by Gasteiger charge is -2.31. The fourth-order valence-corrected chi connectivity index (χ4v) is 3.29. The molecule has 3 nitrogen and oxygen atoms in total. The first-order valence-electron chi connectivity index (χ1n) is 6.42. The molecule has 0 saturated carbocycles. The van der Waals surface area contributed by atoms with Gasteiger partial charge >= 0.3 is 0 Å². The van der Waals surface area contributed by atoms with E-state index in [1.165, 1.54) is 10.4 Å². The van der Waals surface area contributed by atoms with Crippen LogP contribution in [0, 0.1) is 19.8 Å². The molecular formula is C14H19NO2S. The van der Waals surface area contributed by atoms with Gasteiger partial charge in [0.05, 0.1) is 4.88 Å². The van der Waals surface area contributed by atoms with E-state index in [0.29, 0.717) is 25.3 Å². The maximum atomic E-state index is 12.4. The number of nitrogens with zero attached hydrogens (tertiary/aromatic N) is 1. The van der Waals surface area contributed by atoms with Crippen LogP contribution in [0.25, 0.3) is 0 Å². The molecule has 4 heteroatoms. The van der Waals surface area contributed by atoms with Crippen molar-refractivity contribution in [2.45, 2.75) is 33.6 Å². The number of piperidine rings is 1. The minimum absolute atomic E-state index is 0.0323. The molecule has 2 rings (SSSR count). The van der Waals surface area contributed by atoms with Gasteiger partial charge in [0.2, 0.25) is 0 Å². The molecule has 0 N–H and O–H groups in total. The maximum absolute atomic E-state index is 12.4. The van der Waals surface area contributed by atoms with Crippen LogP contribution in [0.15, 0.2) is 6.07 Å². The average Bonchev–Trinajstić information content (AvgIpc) is 2.69. The van der Waals surface area contributed by atoms with Crippen molar-refractivity contribution in [3.8, 4) is 0 Å². The number of hydrogen-bond acceptors (Lipinski definition) is 3. The first-order valence-corrected chi connectivity index (χ1v) is 7.23. The monoisotopic (exact) mass is 265 g/mol. The van der Waals surface area contributed by atoms with Crippen LogP contribution < -0.4 is 0 Å². The van der Waals surface area contributed by atoms with Gasteiger partial charge in [-0.15, -0.1) is 11.3 Å². The Balaban J connectivity index is 2.12. The van der Waals surface area contributed by atoms with Crippen molar-refractivity contribution in [1.29, 1.82) is 0 Å². The maximum Gasteiger partial charge on any atom is 0.263 e. The van der Waals surface area contributed by atoms with Crippen molar-refractivity contribution in [3.05, 3.63) is 21.4 Å². The van der Waals surface area contributed by atoms with E-state index in [0.717, 1.165) is 11.3 Å². The number of carbonyl (C=O) groups is 2. The Kier molecular flexibility index (Phi) is 3.85. The van der Waals surface area contributed by atoms with Gasteiger partial charge in [0.15, 0.2) is 0 Å². The summed E-state index contributed by atoms with van der Waals surface area (Å²) < 4.78 is 0. The Hall–Kier alpha value is -1.16. The molecule has 1 aromatic heterocycles. The molecule has 1 fully saturated rings. The summed E-state index contributed by atoms with van der Waals surface area (Å²) >= 11 is 1.55. The minimum atomic E-state index is 0.0323. The molecule has 1 amide bonds. The van der Waals surface area contributed by atoms with Crippen molar-refractivity contribution in [1.82, 2.24) is 4.90 Å². The molecule has 1 aromatic rings. The predicted molar refractivity (Wildman–Crippen MR) is 73.1 cm³/mol. The summed E-state index contributed by atoms with van der Waals surface area (Å²) in [7, 11) is 0. The summed E-state index contributed by atoms with van der Waals surface area (Å²) in [5, 5.41) is 0. The Morgan fingerprint density at radius 1 is 1.50 bits per heavy atom. The number of hydrogen-bond donors (Lipinski definition) is 0. The van der Waals surface area contributed by atoms with Crippen LogP contribution in [0.5, 0.6) is 0 Å². The predicted octanol–water partition coefficient (Wildman–Crippen LogP) is 2.81. The Labute approximate surface area is 112 Å². The second-order valence-corrected chi connectivity index (χ2v) is 6.18. The van der Waals surface area contributed by atoms with E-state index in [1.807, 2.05) is 31.7 Å². The van der Waals surface area contributed by atoms with Gasteiger partial charge in [-0.2, -0.15) is 0 Å². The molecule has 1 aliphatic rings. The van der Waals surface area contributed by atoms with E-state index in [9.17, 15) is 9.59 Å². The zero-order valence-electron chi connectivity index (χ0n) is 11.2. The molecule has 0 radical (unpaired) electrons. The Morgan fingerprint density at radius 3 is 2.78 bits per heavy atom. The van der Waals surface area contributed by atoms with Crippen LogP contribution in [0.4, 0.5) is 0 Å². The standard InChI is InChI=1S/C14H19NO2S/c1-4-11-8-15(6-5-12(11)16)14(17)13-7-9(2)10(3)18-13/h7,11H,4-6,8H2,1-3H3. The van der Waals surface area contributed by atoms with Crippen LogP contribution >= 0.6 is 11.3 Å². The Morgan fingerprint density at radius 2 is 2.22 bits per heavy atom. The van der Waals surface area contributed by atoms with E-state index in [2.05, 4.69) is 0 Å². The lowest BCUT2D eigenvalue weighted by Crippen LogP contribution is -2.43. The van der Waals surface area contributed by atoms with Crippen LogP contribution in [-0.4, -0.2) is 29.7 Å². The average molecular weight is 265 g/mol. The molecule has 2 heterocycles. The van der Waals surface area contributed by atoms with Crippen LogP contribution in [-0.2, 0) is 4.79 Å². The zero-order chi connectivity index (χ0) is 13.3. The number of carbonyl (C=O) groups excluding carboxylic acids is 2. The van der Waals surface area contributed by atoms with E-state index in [4.69, 9.17) is 0 Å². The van der Waals surface area contributed by atoms with Gasteiger partial charge in [-0.05, 0) is 31.9 Å². The van der Waals surface area contributed by atoms with Gasteiger partial charge in [0, 0.05) is 30.3 Å². The third kappa shape index (κ3) is 2.48. The third-order valence-corrected chi connectivity index (χ3v) is 4.82. The molecule has 1 unspecified atom stereocenters. The van der Waals surface area contributed by atoms with Crippen molar-refractivity contribution >= 4 is 23.0 Å². The normalized spacial score (nSPS) is 20.3. The number of amides is 1. The van der Waals surface area contributed by atoms with E-state index in [-0.39, 0.29) is 11.8 Å². The number of Topliss-reactive ketones (excluding diaryl/α,β-unsaturated/α-hetero) is 1. The fraction of sp³-hybridized carbons (Fsp3) is 0.571. The second-order valence-electron chi connectivity index (χ2n) is 4.92. The summed E-state index contributed by atoms with van der Waals surface area (Å²) in [5.74, 6) is 0.423. The first-order chi connectivity index (χ1) is 8.52. The molecule has 0 bridgehead atoms. The topological polar surface area (TPSA) is 37.4 Å². The molecular weight excluding hydrogens is 246 g/mol. The summed E-state index contributed by atoms with van der Waals surface area (Å²) in [6.45, 7) is 7.23. The molecule has 0 aromatic carbocycles. The number of likely N-dealkylation sites (tertiary alicyclic amines) is 1. The highest BCUT2D eigenvalue weighted by Crippen LogP contribution is 2.24. The lowest BCUT2D eigenvalue weighted by atomic mass is 9.94. The van der Waals surface area contributed by atoms with Gasteiger partial charge in [-0.3, -0.25) is 9.59 Å². The number of ketones is 1. The third-order valence-electron chi connectivity index (χ3n) is 3.68. The van der Waals surface area contributed by atoms with Gasteiger partial charge < -0.3 is 4.90 Å². The molecule has 98 valence electrons. The summed E-state index contributed by atoms with van der Waals surface area (Å²) in [4.78, 5) is 27.8. The van der Waals surface area contributed by atoms with Gasteiger partial charge in [-0.1, -0.05) is 6.92 Å². The molecule has 1 aliphatic heterocycles. The lowest BCUT2D eigenvalue weighted by molar-refractivity contribution is -0.125. The van der Waals surface area contributed by atoms with Gasteiger partial charge in [-0.25, -0.2) is 0 Å². The number of aryl methyl sites for hydroxylation is 2. The second kappa shape index (κ2) is 5.22. The minimum Gasteiger partial charge on any atom is -0.337 e. The summed E-state index contributed by atoms with van der Waals surface area (Å²) in [5.41, 5.74) is 1.17. The van der Waals surface area contributed by atoms with Gasteiger partial charge in [0.25, 0.3) is 5.91 Å². The smallest absolute Gasteiger partial charge is 0.263 e. The summed E-state index contributed by atoms with van der Waals surface area (Å²) in [6.07, 6.45) is 1.33. The van der Waals surface area contributed by atoms with Crippen molar-refractivity contribution in [2.75, 3.05) is 13.1 Å². The molecule has 0 spiro atoms. The van der Waals surface area contributed by atoms with Crippen molar-refractivity contribution in [3.63, 3.8) is 0 Å².